The highest BCUT2D eigenvalue weighted by molar-refractivity contribution is 6.07. The first-order chi connectivity index (χ1) is 7.01. The number of allylic oxidation sites excluding steroid dienone is 1. The van der Waals surface area contributed by atoms with Crippen LogP contribution in [0.3, 0.4) is 0 Å². The Morgan fingerprint density at radius 1 is 1.00 bits per heavy atom. The van der Waals surface area contributed by atoms with Crippen molar-refractivity contribution in [2.75, 3.05) is 0 Å². The average molecular weight is 248 g/mol. The zero-order valence-electron chi connectivity index (χ0n) is 7.65. The van der Waals surface area contributed by atoms with E-state index in [0.29, 0.717) is 6.08 Å². The zero-order valence-corrected chi connectivity index (χ0v) is 7.65. The molecule has 0 unspecified atom stereocenters. The van der Waals surface area contributed by atoms with Gasteiger partial charge in [-0.3, -0.25) is 9.59 Å². The molecule has 0 amide bonds. The standard InChI is InChI=1S/C8H6F6O2/c1-2-3-4(5(15)7(9,10)11)6(16)8(12,13)14/h2,4H,1,3H2. The molecule has 16 heavy (non-hydrogen) atoms. The predicted octanol–water partition coefficient (Wildman–Crippen LogP) is 2.44. The number of Topliss-reactive ketones (excluding diaryl/α,β-unsaturated/α-hetero) is 2. The number of ketones is 2. The van der Waals surface area contributed by atoms with Crippen LogP contribution in [0.2, 0.25) is 0 Å². The summed E-state index contributed by atoms with van der Waals surface area (Å²) in [6.07, 6.45) is -11.3. The van der Waals surface area contributed by atoms with E-state index in [4.69, 9.17) is 0 Å². The molecule has 0 aromatic heterocycles. The van der Waals surface area contributed by atoms with E-state index in [1.165, 1.54) is 0 Å². The third kappa shape index (κ3) is 3.67. The molecule has 0 atom stereocenters. The Hall–Kier alpha value is -1.34. The highest BCUT2D eigenvalue weighted by Gasteiger charge is 2.52. The van der Waals surface area contributed by atoms with Crippen molar-refractivity contribution >= 4 is 11.6 Å². The van der Waals surface area contributed by atoms with Crippen molar-refractivity contribution in [2.24, 2.45) is 5.92 Å². The van der Waals surface area contributed by atoms with E-state index < -0.39 is 36.3 Å². The van der Waals surface area contributed by atoms with Crippen LogP contribution in [0.25, 0.3) is 0 Å². The second-order valence-corrected chi connectivity index (χ2v) is 2.80. The van der Waals surface area contributed by atoms with E-state index in [2.05, 4.69) is 6.58 Å². The van der Waals surface area contributed by atoms with Crippen LogP contribution in [0.4, 0.5) is 26.3 Å². The normalized spacial score (nSPS) is 12.7. The molecule has 0 bridgehead atoms. The Labute approximate surface area is 85.9 Å². The minimum absolute atomic E-state index is 0.651. The summed E-state index contributed by atoms with van der Waals surface area (Å²) >= 11 is 0. The number of rotatable bonds is 4. The van der Waals surface area contributed by atoms with Crippen LogP contribution in [-0.2, 0) is 9.59 Å². The molecule has 0 rings (SSSR count). The maximum Gasteiger partial charge on any atom is 0.450 e. The van der Waals surface area contributed by atoms with Crippen molar-refractivity contribution in [3.63, 3.8) is 0 Å². The van der Waals surface area contributed by atoms with Crippen molar-refractivity contribution in [3.8, 4) is 0 Å². The largest absolute Gasteiger partial charge is 0.450 e. The SMILES string of the molecule is C=CCC(C(=O)C(F)(F)F)C(=O)C(F)(F)F. The first-order valence-electron chi connectivity index (χ1n) is 3.84. The van der Waals surface area contributed by atoms with Crippen LogP contribution in [0.5, 0.6) is 0 Å². The molecule has 0 saturated carbocycles. The Balaban J connectivity index is 5.11. The smallest absolute Gasteiger partial charge is 0.289 e. The van der Waals surface area contributed by atoms with Crippen molar-refractivity contribution < 1.29 is 35.9 Å². The second kappa shape index (κ2) is 4.67. The molecule has 8 heteroatoms. The van der Waals surface area contributed by atoms with Gasteiger partial charge in [0.25, 0.3) is 0 Å². The summed E-state index contributed by atoms with van der Waals surface area (Å²) in [5.41, 5.74) is 0. The highest BCUT2D eigenvalue weighted by Crippen LogP contribution is 2.29. The molecule has 0 aromatic rings. The third-order valence-electron chi connectivity index (χ3n) is 1.59. The summed E-state index contributed by atoms with van der Waals surface area (Å²) in [7, 11) is 0. The lowest BCUT2D eigenvalue weighted by Crippen LogP contribution is -2.41. The van der Waals surface area contributed by atoms with Gasteiger partial charge >= 0.3 is 12.4 Å². The molecule has 0 N–H and O–H groups in total. The van der Waals surface area contributed by atoms with Gasteiger partial charge in [0.2, 0.25) is 11.6 Å². The fraction of sp³-hybridized carbons (Fsp3) is 0.500. The number of halogens is 6. The van der Waals surface area contributed by atoms with Crippen LogP contribution in [0, 0.1) is 5.92 Å². The molecule has 2 nitrogen and oxygen atoms in total. The van der Waals surface area contributed by atoms with E-state index in [1.807, 2.05) is 0 Å². The maximum absolute atomic E-state index is 11.9. The molecule has 0 spiro atoms. The fourth-order valence-corrected chi connectivity index (χ4v) is 0.895. The summed E-state index contributed by atoms with van der Waals surface area (Å²) < 4.78 is 71.2. The van der Waals surface area contributed by atoms with Crippen LogP contribution >= 0.6 is 0 Å². The molecule has 0 aliphatic rings. The summed E-state index contributed by atoms with van der Waals surface area (Å²) in [5, 5.41) is 0. The molecule has 92 valence electrons. The molecule has 0 fully saturated rings. The summed E-state index contributed by atoms with van der Waals surface area (Å²) in [6.45, 7) is 2.89. The molecule has 0 aliphatic carbocycles. The van der Waals surface area contributed by atoms with Crippen LogP contribution in [0.15, 0.2) is 12.7 Å². The number of alkyl halides is 6. The Morgan fingerprint density at radius 2 is 1.31 bits per heavy atom. The predicted molar refractivity (Wildman–Crippen MR) is 40.4 cm³/mol. The third-order valence-corrected chi connectivity index (χ3v) is 1.59. The summed E-state index contributed by atoms with van der Waals surface area (Å²) in [5.74, 6) is -8.22. The Bertz CT molecular complexity index is 275. The summed E-state index contributed by atoms with van der Waals surface area (Å²) in [4.78, 5) is 21.1. The molecule has 0 heterocycles. The van der Waals surface area contributed by atoms with E-state index >= 15 is 0 Å². The molecular formula is C8H6F6O2. The highest BCUT2D eigenvalue weighted by atomic mass is 19.4. The lowest BCUT2D eigenvalue weighted by atomic mass is 9.94. The monoisotopic (exact) mass is 248 g/mol. The maximum atomic E-state index is 11.9. The molecule has 0 saturated heterocycles. The number of carbonyl (C=O) groups excluding carboxylic acids is 2. The number of hydrogen-bond acceptors (Lipinski definition) is 2. The second-order valence-electron chi connectivity index (χ2n) is 2.80. The van der Waals surface area contributed by atoms with Gasteiger partial charge in [-0.15, -0.1) is 6.58 Å². The lowest BCUT2D eigenvalue weighted by Gasteiger charge is -2.16. The van der Waals surface area contributed by atoms with Gasteiger partial charge in [-0.1, -0.05) is 6.08 Å². The minimum Gasteiger partial charge on any atom is -0.289 e. The van der Waals surface area contributed by atoms with Gasteiger partial charge < -0.3 is 0 Å². The minimum atomic E-state index is -5.48. The van der Waals surface area contributed by atoms with Gasteiger partial charge in [-0.05, 0) is 6.42 Å². The van der Waals surface area contributed by atoms with Crippen molar-refractivity contribution in [1.82, 2.24) is 0 Å². The van der Waals surface area contributed by atoms with E-state index in [9.17, 15) is 35.9 Å². The van der Waals surface area contributed by atoms with Crippen molar-refractivity contribution in [2.45, 2.75) is 18.8 Å². The van der Waals surface area contributed by atoms with Crippen LogP contribution in [0.1, 0.15) is 6.42 Å². The fourth-order valence-electron chi connectivity index (χ4n) is 0.895. The molecule has 0 radical (unpaired) electrons. The van der Waals surface area contributed by atoms with Crippen molar-refractivity contribution in [1.29, 1.82) is 0 Å². The van der Waals surface area contributed by atoms with Gasteiger partial charge in [0.1, 0.15) is 0 Å². The van der Waals surface area contributed by atoms with Gasteiger partial charge in [-0.2, -0.15) is 26.3 Å². The Morgan fingerprint density at radius 3 is 1.50 bits per heavy atom. The average Bonchev–Trinajstić information content (AvgIpc) is 2.09. The molecule has 0 aliphatic heterocycles. The van der Waals surface area contributed by atoms with Gasteiger partial charge in [0, 0.05) is 0 Å². The van der Waals surface area contributed by atoms with E-state index in [0.717, 1.165) is 0 Å². The lowest BCUT2D eigenvalue weighted by molar-refractivity contribution is -0.189. The summed E-state index contributed by atoms with van der Waals surface area (Å²) in [6, 6.07) is 0. The number of carbonyl (C=O) groups is 2. The first-order valence-corrected chi connectivity index (χ1v) is 3.84. The zero-order chi connectivity index (χ0) is 13.1. The molecular weight excluding hydrogens is 242 g/mol. The first kappa shape index (κ1) is 14.7. The van der Waals surface area contributed by atoms with Gasteiger partial charge in [0.05, 0.1) is 5.92 Å². The van der Waals surface area contributed by atoms with E-state index in [-0.39, 0.29) is 0 Å². The van der Waals surface area contributed by atoms with E-state index in [1.54, 1.807) is 0 Å². The van der Waals surface area contributed by atoms with Gasteiger partial charge in [-0.25, -0.2) is 0 Å². The number of hydrogen-bond donors (Lipinski definition) is 0. The van der Waals surface area contributed by atoms with Gasteiger partial charge in [0.15, 0.2) is 0 Å². The van der Waals surface area contributed by atoms with Crippen LogP contribution < -0.4 is 0 Å². The molecule has 0 aromatic carbocycles. The topological polar surface area (TPSA) is 34.1 Å². The van der Waals surface area contributed by atoms with Crippen molar-refractivity contribution in [3.05, 3.63) is 12.7 Å². The quantitative estimate of drug-likeness (QED) is 0.435. The van der Waals surface area contributed by atoms with Crippen LogP contribution in [-0.4, -0.2) is 23.9 Å². The Kier molecular flexibility index (Phi) is 4.28.